The Hall–Kier alpha value is -3.12. The Morgan fingerprint density at radius 3 is 1.34 bits per heavy atom. The number of rotatable bonds is 11. The van der Waals surface area contributed by atoms with E-state index in [2.05, 4.69) is 45.2 Å². The molecule has 0 aromatic heterocycles. The predicted octanol–water partition coefficient (Wildman–Crippen LogP) is 6.81. The summed E-state index contributed by atoms with van der Waals surface area (Å²) in [5.41, 5.74) is 3.59. The van der Waals surface area contributed by atoms with Crippen LogP contribution in [0.25, 0.3) is 11.1 Å². The van der Waals surface area contributed by atoms with Crippen LogP contribution in [0.1, 0.15) is 11.1 Å². The molecule has 0 N–H and O–H groups in total. The summed E-state index contributed by atoms with van der Waals surface area (Å²) in [7, 11) is 0. The topological polar surface area (TPSA) is 71.1 Å². The molecule has 0 amide bonds. The molecular weight excluding hydrogens is 710 g/mol. The van der Waals surface area contributed by atoms with Crippen LogP contribution in [-0.2, 0) is 32.3 Å². The van der Waals surface area contributed by atoms with Crippen LogP contribution in [0.2, 0.25) is 0 Å². The molecule has 0 fully saturated rings. The lowest BCUT2D eigenvalue weighted by atomic mass is 10.1. The number of halogens is 2. The zero-order chi connectivity index (χ0) is 26.7. The number of carbonyl (C=O) groups excluding carboxylic acids is 2. The Labute approximate surface area is 248 Å². The van der Waals surface area contributed by atoms with Gasteiger partial charge in [-0.3, -0.25) is 0 Å². The normalized spacial score (nSPS) is 10.5. The van der Waals surface area contributed by atoms with E-state index in [0.29, 0.717) is 11.5 Å². The predicted molar refractivity (Wildman–Crippen MR) is 161 cm³/mol. The van der Waals surface area contributed by atoms with Crippen LogP contribution in [0.5, 0.6) is 11.5 Å². The second kappa shape index (κ2) is 14.1. The smallest absolute Gasteiger partial charge is 0.344 e. The van der Waals surface area contributed by atoms with Crippen LogP contribution < -0.4 is 9.47 Å². The third-order valence-electron chi connectivity index (χ3n) is 5.37. The number of benzene rings is 4. The summed E-state index contributed by atoms with van der Waals surface area (Å²) in [5.74, 6) is 0.258. The molecule has 0 spiro atoms. The van der Waals surface area contributed by atoms with Gasteiger partial charge in [-0.05, 0) is 91.7 Å². The van der Waals surface area contributed by atoms with Crippen molar-refractivity contribution in [2.75, 3.05) is 13.2 Å². The van der Waals surface area contributed by atoms with Crippen molar-refractivity contribution in [2.24, 2.45) is 0 Å². The highest BCUT2D eigenvalue weighted by Crippen LogP contribution is 2.32. The maximum absolute atomic E-state index is 12.2. The first kappa shape index (κ1) is 27.9. The van der Waals surface area contributed by atoms with E-state index >= 15 is 0 Å². The highest BCUT2D eigenvalue weighted by molar-refractivity contribution is 14.1. The number of ether oxygens (including phenoxy) is 4. The Bertz CT molecular complexity index is 1270. The lowest BCUT2D eigenvalue weighted by Crippen LogP contribution is -2.15. The number of carbonyl (C=O) groups is 2. The lowest BCUT2D eigenvalue weighted by Gasteiger charge is -2.13. The Balaban J connectivity index is 1.34. The highest BCUT2D eigenvalue weighted by Gasteiger charge is 2.12. The van der Waals surface area contributed by atoms with Crippen molar-refractivity contribution in [3.8, 4) is 22.6 Å². The molecule has 6 nitrogen and oxygen atoms in total. The highest BCUT2D eigenvalue weighted by atomic mass is 127. The van der Waals surface area contributed by atoms with Gasteiger partial charge in [-0.15, -0.1) is 0 Å². The molecule has 0 radical (unpaired) electrons. The van der Waals surface area contributed by atoms with E-state index in [9.17, 15) is 9.59 Å². The van der Waals surface area contributed by atoms with Gasteiger partial charge in [0.2, 0.25) is 0 Å². The van der Waals surface area contributed by atoms with Crippen molar-refractivity contribution in [3.05, 3.63) is 115 Å². The maximum atomic E-state index is 12.2. The van der Waals surface area contributed by atoms with Crippen molar-refractivity contribution < 1.29 is 28.5 Å². The summed E-state index contributed by atoms with van der Waals surface area (Å²) < 4.78 is 23.9. The molecule has 0 aliphatic heterocycles. The van der Waals surface area contributed by atoms with Crippen molar-refractivity contribution >= 4 is 57.1 Å². The number of hydrogen-bond donors (Lipinski definition) is 0. The minimum atomic E-state index is -0.445. The molecule has 0 saturated carbocycles. The SMILES string of the molecule is O=C(COc1cc(-c2ccc(I)c(OCC(=O)OCc3ccccc3)c2)ccc1I)OCc1ccccc1. The fraction of sp³-hybridized carbons (Fsp3) is 0.133. The average molecular weight is 734 g/mol. The van der Waals surface area contributed by atoms with Crippen molar-refractivity contribution in [1.82, 2.24) is 0 Å². The fourth-order valence-corrected chi connectivity index (χ4v) is 4.40. The summed E-state index contributed by atoms with van der Waals surface area (Å²) in [6.07, 6.45) is 0. The molecular formula is C30H24I2O6. The maximum Gasteiger partial charge on any atom is 0.344 e. The van der Waals surface area contributed by atoms with Crippen molar-refractivity contribution in [2.45, 2.75) is 13.2 Å². The monoisotopic (exact) mass is 734 g/mol. The van der Waals surface area contributed by atoms with E-state index in [1.54, 1.807) is 0 Å². The molecule has 0 heterocycles. The standard InChI is InChI=1S/C30H24I2O6/c31-25-13-11-23(15-27(25)35-19-29(33)37-17-21-7-3-1-4-8-21)24-12-14-26(32)28(16-24)36-20-30(34)38-18-22-9-5-2-6-10-22/h1-16H,17-20H2. The molecule has 194 valence electrons. The molecule has 8 heteroatoms. The fourth-order valence-electron chi connectivity index (χ4n) is 3.42. The van der Waals surface area contributed by atoms with Gasteiger partial charge in [-0.1, -0.05) is 72.8 Å². The zero-order valence-corrected chi connectivity index (χ0v) is 24.6. The second-order valence-electron chi connectivity index (χ2n) is 8.16. The Kier molecular flexibility index (Phi) is 10.4. The van der Waals surface area contributed by atoms with E-state index in [-0.39, 0.29) is 26.4 Å². The van der Waals surface area contributed by atoms with Gasteiger partial charge < -0.3 is 18.9 Å². The van der Waals surface area contributed by atoms with Gasteiger partial charge in [-0.2, -0.15) is 0 Å². The van der Waals surface area contributed by atoms with Gasteiger partial charge >= 0.3 is 11.9 Å². The number of hydrogen-bond acceptors (Lipinski definition) is 6. The summed E-state index contributed by atoms with van der Waals surface area (Å²) in [6.45, 7) is 0.00758. The molecule has 4 rings (SSSR count). The first-order valence-electron chi connectivity index (χ1n) is 11.7. The first-order valence-corrected chi connectivity index (χ1v) is 13.9. The Morgan fingerprint density at radius 1 is 0.553 bits per heavy atom. The minimum absolute atomic E-state index is 0.196. The van der Waals surface area contributed by atoms with Crippen molar-refractivity contribution in [1.29, 1.82) is 0 Å². The molecule has 0 unspecified atom stereocenters. The van der Waals surface area contributed by atoms with Gasteiger partial charge in [0.25, 0.3) is 0 Å². The van der Waals surface area contributed by atoms with Gasteiger partial charge in [0.1, 0.15) is 24.7 Å². The summed E-state index contributed by atoms with van der Waals surface area (Å²) >= 11 is 4.33. The van der Waals surface area contributed by atoms with Gasteiger partial charge in [-0.25, -0.2) is 9.59 Å². The summed E-state index contributed by atoms with van der Waals surface area (Å²) in [5, 5.41) is 0. The van der Waals surface area contributed by atoms with Crippen LogP contribution in [0.4, 0.5) is 0 Å². The largest absolute Gasteiger partial charge is 0.481 e. The van der Waals surface area contributed by atoms with E-state index in [4.69, 9.17) is 18.9 Å². The molecule has 0 aliphatic carbocycles. The first-order chi connectivity index (χ1) is 18.5. The van der Waals surface area contributed by atoms with Crippen LogP contribution in [0.15, 0.2) is 97.1 Å². The van der Waals surface area contributed by atoms with Crippen LogP contribution in [0, 0.1) is 7.14 Å². The molecule has 38 heavy (non-hydrogen) atoms. The Morgan fingerprint density at radius 2 is 0.947 bits per heavy atom. The van der Waals surface area contributed by atoms with Crippen LogP contribution >= 0.6 is 45.2 Å². The van der Waals surface area contributed by atoms with E-state index in [0.717, 1.165) is 29.4 Å². The molecule has 0 aliphatic rings. The lowest BCUT2D eigenvalue weighted by molar-refractivity contribution is -0.148. The third-order valence-corrected chi connectivity index (χ3v) is 7.15. The summed E-state index contributed by atoms with van der Waals surface area (Å²) in [4.78, 5) is 24.4. The van der Waals surface area contributed by atoms with E-state index in [1.165, 1.54) is 0 Å². The third kappa shape index (κ3) is 8.45. The molecule has 4 aromatic carbocycles. The summed E-state index contributed by atoms with van der Waals surface area (Å²) in [6, 6.07) is 30.5. The van der Waals surface area contributed by atoms with E-state index in [1.807, 2.05) is 97.1 Å². The van der Waals surface area contributed by atoms with Crippen LogP contribution in [0.3, 0.4) is 0 Å². The van der Waals surface area contributed by atoms with E-state index < -0.39 is 11.9 Å². The van der Waals surface area contributed by atoms with Gasteiger partial charge in [0.05, 0.1) is 7.14 Å². The quantitative estimate of drug-likeness (QED) is 0.125. The van der Waals surface area contributed by atoms with Gasteiger partial charge in [0, 0.05) is 0 Å². The second-order valence-corrected chi connectivity index (χ2v) is 10.5. The molecule has 0 bridgehead atoms. The molecule has 0 saturated heterocycles. The zero-order valence-electron chi connectivity index (χ0n) is 20.3. The average Bonchev–Trinajstić information content (AvgIpc) is 2.95. The van der Waals surface area contributed by atoms with Gasteiger partial charge in [0.15, 0.2) is 13.2 Å². The van der Waals surface area contributed by atoms with Crippen LogP contribution in [-0.4, -0.2) is 25.2 Å². The minimum Gasteiger partial charge on any atom is -0.481 e. The van der Waals surface area contributed by atoms with Crippen molar-refractivity contribution in [3.63, 3.8) is 0 Å². The number of esters is 2. The molecule has 0 atom stereocenters. The molecule has 4 aromatic rings.